The fourth-order valence-corrected chi connectivity index (χ4v) is 6.27. The summed E-state index contributed by atoms with van der Waals surface area (Å²) in [6, 6.07) is -0.885. The maximum absolute atomic E-state index is 12.9. The van der Waals surface area contributed by atoms with E-state index in [4.69, 9.17) is 10.6 Å². The van der Waals surface area contributed by atoms with Crippen LogP contribution < -0.4 is 11.1 Å². The Bertz CT molecular complexity index is 1090. The third-order valence-corrected chi connectivity index (χ3v) is 8.14. The number of nitrogens with zero attached hydrogens (tertiary/aromatic N) is 4. The van der Waals surface area contributed by atoms with E-state index in [1.165, 1.54) is 36.6 Å². The Balaban J connectivity index is 1.48. The maximum atomic E-state index is 12.9. The van der Waals surface area contributed by atoms with Gasteiger partial charge in [0.05, 0.1) is 26.7 Å². The lowest BCUT2D eigenvalue weighted by Crippen LogP contribution is -2.71. The number of hydrogen-bond acceptors (Lipinski definition) is 9. The predicted octanol–water partition coefficient (Wildman–Crippen LogP) is 0.611. The second-order valence-electron chi connectivity index (χ2n) is 8.59. The van der Waals surface area contributed by atoms with Crippen molar-refractivity contribution in [3.63, 3.8) is 0 Å². The minimum Gasteiger partial charge on any atom is -0.477 e. The number of carboxylic acids is 1. The number of anilines is 1. The van der Waals surface area contributed by atoms with Crippen LogP contribution in [0.25, 0.3) is 0 Å². The molecule has 0 spiro atoms. The minimum atomic E-state index is -1.16. The number of rotatable bonds is 8. The normalized spacial score (nSPS) is 24.2. The summed E-state index contributed by atoms with van der Waals surface area (Å²) < 4.78 is 0.939. The predicted molar refractivity (Wildman–Crippen MR) is 129 cm³/mol. The fourth-order valence-electron chi connectivity index (χ4n) is 4.40. The second kappa shape index (κ2) is 9.76. The van der Waals surface area contributed by atoms with E-state index in [9.17, 15) is 19.5 Å². The number of carbonyl (C=O) groups is 3. The summed E-state index contributed by atoms with van der Waals surface area (Å²) in [6.07, 6.45) is 6.23. The summed E-state index contributed by atoms with van der Waals surface area (Å²) in [5, 5.41) is 17.5. The number of aliphatic carboxylic acids is 1. The van der Waals surface area contributed by atoms with Gasteiger partial charge in [-0.05, 0) is 11.6 Å². The van der Waals surface area contributed by atoms with E-state index in [1.54, 1.807) is 5.38 Å². The lowest BCUT2D eigenvalue weighted by atomic mass is 10.0. The summed E-state index contributed by atoms with van der Waals surface area (Å²) in [7, 11) is 3.49. The lowest BCUT2D eigenvalue weighted by Gasteiger charge is -2.49. The first-order valence-electron chi connectivity index (χ1n) is 10.8. The van der Waals surface area contributed by atoms with Gasteiger partial charge >= 0.3 is 5.97 Å². The summed E-state index contributed by atoms with van der Waals surface area (Å²) in [4.78, 5) is 47.8. The van der Waals surface area contributed by atoms with Crippen molar-refractivity contribution in [1.82, 2.24) is 15.2 Å². The van der Waals surface area contributed by atoms with Crippen molar-refractivity contribution < 1.29 is 28.8 Å². The Hall–Kier alpha value is -2.90. The monoisotopic (exact) mass is 507 g/mol. The van der Waals surface area contributed by atoms with Crippen molar-refractivity contribution in [3.05, 3.63) is 34.5 Å². The Morgan fingerprint density at radius 1 is 1.44 bits per heavy atom. The summed E-state index contributed by atoms with van der Waals surface area (Å²) in [5.41, 5.74) is 6.33. The van der Waals surface area contributed by atoms with Crippen molar-refractivity contribution in [1.29, 1.82) is 0 Å². The molecule has 13 heteroatoms. The van der Waals surface area contributed by atoms with Gasteiger partial charge in [0.15, 0.2) is 10.8 Å². The van der Waals surface area contributed by atoms with Crippen LogP contribution in [0.5, 0.6) is 0 Å². The smallest absolute Gasteiger partial charge is 0.352 e. The van der Waals surface area contributed by atoms with Gasteiger partial charge in [-0.15, -0.1) is 23.1 Å². The molecule has 4 N–H and O–H groups in total. The van der Waals surface area contributed by atoms with E-state index in [-0.39, 0.29) is 22.2 Å². The number of quaternary nitrogens is 1. The number of thioether (sulfide) groups is 1. The number of aromatic nitrogens is 1. The quantitative estimate of drug-likeness (QED) is 0.201. The maximum Gasteiger partial charge on any atom is 0.352 e. The molecule has 2 amide bonds. The molecule has 1 aromatic heterocycles. The summed E-state index contributed by atoms with van der Waals surface area (Å²) >= 11 is 2.55. The average molecular weight is 508 g/mol. The molecule has 1 unspecified atom stereocenters. The Kier molecular flexibility index (Phi) is 6.96. The van der Waals surface area contributed by atoms with E-state index in [2.05, 4.69) is 22.5 Å². The molecule has 182 valence electrons. The molecule has 1 aromatic rings. The van der Waals surface area contributed by atoms with Crippen molar-refractivity contribution >= 4 is 51.7 Å². The molecule has 34 heavy (non-hydrogen) atoms. The Morgan fingerprint density at radius 2 is 2.18 bits per heavy atom. The first-order valence-corrected chi connectivity index (χ1v) is 12.7. The first kappa shape index (κ1) is 24.2. The average Bonchev–Trinajstić information content (AvgIpc) is 3.43. The molecule has 0 bridgehead atoms. The molecule has 0 aliphatic carbocycles. The summed E-state index contributed by atoms with van der Waals surface area (Å²) in [5.74, 6) is -1.88. The van der Waals surface area contributed by atoms with Crippen LogP contribution in [-0.2, 0) is 19.2 Å². The van der Waals surface area contributed by atoms with Gasteiger partial charge in [0.2, 0.25) is 0 Å². The number of β-lactam (4-membered cyclic amide) rings is 1. The van der Waals surface area contributed by atoms with Gasteiger partial charge in [-0.2, -0.15) is 0 Å². The lowest BCUT2D eigenvalue weighted by molar-refractivity contribution is -0.891. The number of amides is 2. The zero-order valence-corrected chi connectivity index (χ0v) is 20.5. The van der Waals surface area contributed by atoms with Gasteiger partial charge in [-0.1, -0.05) is 11.2 Å². The van der Waals surface area contributed by atoms with Crippen LogP contribution in [0.3, 0.4) is 0 Å². The van der Waals surface area contributed by atoms with Crippen LogP contribution >= 0.6 is 23.1 Å². The van der Waals surface area contributed by atoms with Crippen LogP contribution in [-0.4, -0.2) is 93.9 Å². The van der Waals surface area contributed by atoms with Crippen LogP contribution in [0.15, 0.2) is 34.0 Å². The van der Waals surface area contributed by atoms with E-state index >= 15 is 0 Å². The molecule has 0 saturated carbocycles. The van der Waals surface area contributed by atoms with Gasteiger partial charge in [0, 0.05) is 24.0 Å². The molecular formula is C21H27N6O5S2+. The number of nitrogens with one attached hydrogen (secondary N) is 1. The number of thiazole rings is 1. The zero-order chi connectivity index (χ0) is 24.5. The van der Waals surface area contributed by atoms with Crippen molar-refractivity contribution in [3.8, 4) is 0 Å². The van der Waals surface area contributed by atoms with Crippen LogP contribution in [0.1, 0.15) is 18.5 Å². The van der Waals surface area contributed by atoms with Gasteiger partial charge < -0.3 is 25.5 Å². The zero-order valence-electron chi connectivity index (χ0n) is 18.9. The molecule has 0 aromatic carbocycles. The Labute approximate surface area is 204 Å². The van der Waals surface area contributed by atoms with Crippen molar-refractivity contribution in [2.24, 2.45) is 5.16 Å². The number of carbonyl (C=O) groups excluding carboxylic acids is 2. The fraction of sp³-hybridized carbons (Fsp3) is 0.476. The number of fused-ring (bicyclic) bond motifs is 1. The highest BCUT2D eigenvalue weighted by Crippen LogP contribution is 2.40. The van der Waals surface area contributed by atoms with Crippen LogP contribution in [0.4, 0.5) is 5.13 Å². The number of likely N-dealkylation sites (N-methyl/N-ethyl adjacent to an activating group) is 1. The number of oxime groups is 1. The largest absolute Gasteiger partial charge is 0.477 e. The number of nitrogen functional groups attached to an aromatic ring is 1. The van der Waals surface area contributed by atoms with Crippen LogP contribution in [0, 0.1) is 0 Å². The molecule has 3 aliphatic rings. The molecule has 2 atom stereocenters. The number of nitrogens with two attached hydrogens (primary N) is 1. The molecule has 4 heterocycles. The van der Waals surface area contributed by atoms with Gasteiger partial charge in [0.25, 0.3) is 11.8 Å². The van der Waals surface area contributed by atoms with Crippen LogP contribution in [0.2, 0.25) is 0 Å². The highest BCUT2D eigenvalue weighted by Gasteiger charge is 2.54. The van der Waals surface area contributed by atoms with E-state index in [1.807, 2.05) is 12.2 Å². The molecular weight excluding hydrogens is 480 g/mol. The number of carboxylic acid groups (broad SMARTS) is 1. The third kappa shape index (κ3) is 4.68. The molecule has 3 aliphatic heterocycles. The second-order valence-corrected chi connectivity index (χ2v) is 10.6. The molecule has 0 radical (unpaired) electrons. The highest BCUT2D eigenvalue weighted by molar-refractivity contribution is 8.00. The van der Waals surface area contributed by atoms with Crippen molar-refractivity contribution in [2.75, 3.05) is 45.3 Å². The topological polar surface area (TPSA) is 147 Å². The van der Waals surface area contributed by atoms with E-state index < -0.39 is 29.2 Å². The Morgan fingerprint density at radius 3 is 2.79 bits per heavy atom. The minimum absolute atomic E-state index is 0.0300. The SMILES string of the molecule is CO/N=C(\C(=O)NC1C(=O)N2C(C(=O)O)=C(/C=C/C[N+]3(C)CCCC3)CS[C@H]12)c1csc(N)n1. The number of hydrogen-bond donors (Lipinski definition) is 3. The van der Waals surface area contributed by atoms with Crippen molar-refractivity contribution in [2.45, 2.75) is 24.3 Å². The molecule has 2 fully saturated rings. The highest BCUT2D eigenvalue weighted by atomic mass is 32.2. The van der Waals surface area contributed by atoms with E-state index in [0.29, 0.717) is 11.3 Å². The molecule has 2 saturated heterocycles. The number of allylic oxidation sites excluding steroid dienone is 1. The number of likely N-dealkylation sites (tertiary alicyclic amines) is 1. The first-order chi connectivity index (χ1) is 16.2. The standard InChI is InChI=1S/C21H26N6O5S2/c1-27(7-3-4-8-27)9-5-6-12-10-33-19-15(18(29)26(19)16(12)20(30)31)24-17(28)14(25-32-2)13-11-34-21(22)23-13/h5-6,11,15,19H,3-4,7-10H2,1-2H3,(H3-,22,23,24,28,30,31)/p+1/b6-5+,25-14-/t15?,19-/m1/s1. The van der Waals surface area contributed by atoms with Gasteiger partial charge in [-0.25, -0.2) is 9.78 Å². The third-order valence-electron chi connectivity index (χ3n) is 6.16. The molecule has 4 rings (SSSR count). The summed E-state index contributed by atoms with van der Waals surface area (Å²) in [6.45, 7) is 3.04. The van der Waals surface area contributed by atoms with Gasteiger partial charge in [0.1, 0.15) is 29.9 Å². The van der Waals surface area contributed by atoms with Gasteiger partial charge in [-0.3, -0.25) is 14.5 Å². The van der Waals surface area contributed by atoms with E-state index in [0.717, 1.165) is 35.5 Å². The molecule has 11 nitrogen and oxygen atoms in total.